The molecule has 0 radical (unpaired) electrons. The third kappa shape index (κ3) is 2.50. The van der Waals surface area contributed by atoms with E-state index in [9.17, 15) is 4.79 Å². The Morgan fingerprint density at radius 2 is 2.09 bits per heavy atom. The fourth-order valence-electron chi connectivity index (χ4n) is 1.40. The van der Waals surface area contributed by atoms with Crippen molar-refractivity contribution in [3.8, 4) is 0 Å². The van der Waals surface area contributed by atoms with Crippen molar-refractivity contribution in [2.75, 3.05) is 13.9 Å². The van der Waals surface area contributed by atoms with E-state index in [0.29, 0.717) is 0 Å². The van der Waals surface area contributed by atoms with E-state index in [1.54, 1.807) is 0 Å². The third-order valence-electron chi connectivity index (χ3n) is 2.01. The van der Waals surface area contributed by atoms with E-state index in [0.717, 1.165) is 25.7 Å². The van der Waals surface area contributed by atoms with Gasteiger partial charge in [0.25, 0.3) is 0 Å². The number of hydrogen-bond acceptors (Lipinski definition) is 3. The monoisotopic (exact) mass is 158 g/mol. The van der Waals surface area contributed by atoms with Crippen LogP contribution in [-0.4, -0.2) is 19.9 Å². The first-order valence-electron chi connectivity index (χ1n) is 4.00. The molecule has 3 nitrogen and oxygen atoms in total. The summed E-state index contributed by atoms with van der Waals surface area (Å²) in [4.78, 5) is 11.1. The molecular formula is C8H14O3. The van der Waals surface area contributed by atoms with Crippen molar-refractivity contribution in [1.82, 2.24) is 0 Å². The lowest BCUT2D eigenvalue weighted by Crippen LogP contribution is -2.15. The second kappa shape index (κ2) is 4.34. The Morgan fingerprint density at radius 3 is 2.64 bits per heavy atom. The first kappa shape index (κ1) is 8.53. The van der Waals surface area contributed by atoms with E-state index >= 15 is 0 Å². The molecule has 0 spiro atoms. The molecule has 0 aromatic heterocycles. The SMILES string of the molecule is COCOC(=O)C1CCCC1. The molecule has 0 aromatic rings. The largest absolute Gasteiger partial charge is 0.438 e. The molecule has 11 heavy (non-hydrogen) atoms. The molecule has 0 aliphatic heterocycles. The van der Waals surface area contributed by atoms with Gasteiger partial charge in [-0.25, -0.2) is 0 Å². The number of carbonyl (C=O) groups is 1. The van der Waals surface area contributed by atoms with Crippen molar-refractivity contribution in [3.05, 3.63) is 0 Å². The molecule has 0 heterocycles. The van der Waals surface area contributed by atoms with Gasteiger partial charge in [-0.05, 0) is 12.8 Å². The summed E-state index contributed by atoms with van der Waals surface area (Å²) in [6.07, 6.45) is 4.30. The number of esters is 1. The quantitative estimate of drug-likeness (QED) is 0.459. The van der Waals surface area contributed by atoms with Crippen molar-refractivity contribution in [3.63, 3.8) is 0 Å². The first-order valence-corrected chi connectivity index (χ1v) is 4.00. The minimum Gasteiger partial charge on any atom is -0.438 e. The highest BCUT2D eigenvalue weighted by Gasteiger charge is 2.23. The van der Waals surface area contributed by atoms with Crippen LogP contribution in [0.15, 0.2) is 0 Å². The van der Waals surface area contributed by atoms with Crippen LogP contribution in [0.2, 0.25) is 0 Å². The molecule has 1 aliphatic rings. The predicted molar refractivity (Wildman–Crippen MR) is 39.9 cm³/mol. The molecular weight excluding hydrogens is 144 g/mol. The maximum Gasteiger partial charge on any atom is 0.311 e. The van der Waals surface area contributed by atoms with Crippen LogP contribution in [-0.2, 0) is 14.3 Å². The average molecular weight is 158 g/mol. The maximum absolute atomic E-state index is 11.1. The average Bonchev–Trinajstić information content (AvgIpc) is 2.52. The molecule has 3 heteroatoms. The normalized spacial score (nSPS) is 18.6. The minimum atomic E-state index is -0.0932. The van der Waals surface area contributed by atoms with E-state index in [2.05, 4.69) is 4.74 Å². The van der Waals surface area contributed by atoms with Crippen molar-refractivity contribution >= 4 is 5.97 Å². The van der Waals surface area contributed by atoms with E-state index < -0.39 is 0 Å². The Kier molecular flexibility index (Phi) is 3.36. The molecule has 64 valence electrons. The lowest BCUT2D eigenvalue weighted by Gasteiger charge is -2.07. The Hall–Kier alpha value is -0.570. The van der Waals surface area contributed by atoms with Gasteiger partial charge in [-0.15, -0.1) is 0 Å². The summed E-state index contributed by atoms with van der Waals surface area (Å²) in [6.45, 7) is 0.0926. The van der Waals surface area contributed by atoms with Crippen LogP contribution in [0.25, 0.3) is 0 Å². The lowest BCUT2D eigenvalue weighted by molar-refractivity contribution is -0.158. The summed E-state index contributed by atoms with van der Waals surface area (Å²) in [5.74, 6) is 0.0505. The summed E-state index contributed by atoms with van der Waals surface area (Å²) < 4.78 is 9.44. The number of ether oxygens (including phenoxy) is 2. The molecule has 1 aliphatic carbocycles. The van der Waals surface area contributed by atoms with Gasteiger partial charge in [0, 0.05) is 7.11 Å². The molecule has 0 atom stereocenters. The zero-order chi connectivity index (χ0) is 8.10. The van der Waals surface area contributed by atoms with Gasteiger partial charge in [0.1, 0.15) is 0 Å². The first-order chi connectivity index (χ1) is 5.34. The number of carbonyl (C=O) groups excluding carboxylic acids is 1. The molecule has 0 amide bonds. The van der Waals surface area contributed by atoms with Gasteiger partial charge >= 0.3 is 5.97 Å². The van der Waals surface area contributed by atoms with E-state index in [4.69, 9.17) is 4.74 Å². The molecule has 1 fully saturated rings. The van der Waals surface area contributed by atoms with E-state index in [1.165, 1.54) is 7.11 Å². The van der Waals surface area contributed by atoms with E-state index in [-0.39, 0.29) is 18.7 Å². The van der Waals surface area contributed by atoms with Crippen LogP contribution in [0.5, 0.6) is 0 Å². The molecule has 0 saturated heterocycles. The van der Waals surface area contributed by atoms with Crippen LogP contribution in [0.3, 0.4) is 0 Å². The third-order valence-corrected chi connectivity index (χ3v) is 2.01. The Balaban J connectivity index is 2.17. The molecule has 0 aromatic carbocycles. The molecule has 0 N–H and O–H groups in total. The van der Waals surface area contributed by atoms with Gasteiger partial charge in [0.05, 0.1) is 5.92 Å². The van der Waals surface area contributed by atoms with Crippen LogP contribution in [0, 0.1) is 5.92 Å². The van der Waals surface area contributed by atoms with Gasteiger partial charge < -0.3 is 9.47 Å². The Bertz CT molecular complexity index is 127. The molecule has 0 bridgehead atoms. The van der Waals surface area contributed by atoms with E-state index in [1.807, 2.05) is 0 Å². The molecule has 0 unspecified atom stereocenters. The van der Waals surface area contributed by atoms with Crippen LogP contribution < -0.4 is 0 Å². The minimum absolute atomic E-state index is 0.0926. The summed E-state index contributed by atoms with van der Waals surface area (Å²) in [7, 11) is 1.52. The smallest absolute Gasteiger partial charge is 0.311 e. The highest BCUT2D eigenvalue weighted by molar-refractivity contribution is 5.72. The van der Waals surface area contributed by atoms with Crippen LogP contribution in [0.4, 0.5) is 0 Å². The summed E-state index contributed by atoms with van der Waals surface area (Å²) in [5, 5.41) is 0. The van der Waals surface area contributed by atoms with Crippen molar-refractivity contribution in [2.45, 2.75) is 25.7 Å². The Labute approximate surface area is 66.7 Å². The van der Waals surface area contributed by atoms with Crippen LogP contribution in [0.1, 0.15) is 25.7 Å². The van der Waals surface area contributed by atoms with Gasteiger partial charge in [-0.2, -0.15) is 0 Å². The maximum atomic E-state index is 11.1. The van der Waals surface area contributed by atoms with Crippen molar-refractivity contribution < 1.29 is 14.3 Å². The fraction of sp³-hybridized carbons (Fsp3) is 0.875. The number of hydrogen-bond donors (Lipinski definition) is 0. The second-order valence-corrected chi connectivity index (χ2v) is 2.85. The fourth-order valence-corrected chi connectivity index (χ4v) is 1.40. The summed E-state index contributed by atoms with van der Waals surface area (Å²) >= 11 is 0. The van der Waals surface area contributed by atoms with Crippen molar-refractivity contribution in [1.29, 1.82) is 0 Å². The summed E-state index contributed by atoms with van der Waals surface area (Å²) in [6, 6.07) is 0. The Morgan fingerprint density at radius 1 is 1.45 bits per heavy atom. The highest BCUT2D eigenvalue weighted by Crippen LogP contribution is 2.25. The van der Waals surface area contributed by atoms with Gasteiger partial charge in [-0.1, -0.05) is 12.8 Å². The second-order valence-electron chi connectivity index (χ2n) is 2.85. The highest BCUT2D eigenvalue weighted by atomic mass is 16.7. The summed E-state index contributed by atoms with van der Waals surface area (Å²) in [5.41, 5.74) is 0. The van der Waals surface area contributed by atoms with Gasteiger partial charge in [-0.3, -0.25) is 4.79 Å². The number of methoxy groups -OCH3 is 1. The molecule has 1 saturated carbocycles. The zero-order valence-electron chi connectivity index (χ0n) is 6.84. The van der Waals surface area contributed by atoms with Crippen LogP contribution >= 0.6 is 0 Å². The standard InChI is InChI=1S/C8H14O3/c1-10-6-11-8(9)7-4-2-3-5-7/h7H,2-6H2,1H3. The number of rotatable bonds is 3. The lowest BCUT2D eigenvalue weighted by atomic mass is 10.1. The zero-order valence-corrected chi connectivity index (χ0v) is 6.84. The topological polar surface area (TPSA) is 35.5 Å². The molecule has 1 rings (SSSR count). The van der Waals surface area contributed by atoms with Gasteiger partial charge in [0.2, 0.25) is 0 Å². The van der Waals surface area contributed by atoms with Crippen molar-refractivity contribution in [2.24, 2.45) is 5.92 Å². The predicted octanol–water partition coefficient (Wildman–Crippen LogP) is 1.32. The van der Waals surface area contributed by atoms with Gasteiger partial charge in [0.15, 0.2) is 6.79 Å².